The molecule has 0 unspecified atom stereocenters. The number of benzene rings is 2. The van der Waals surface area contributed by atoms with Gasteiger partial charge in [-0.05, 0) is 12.1 Å². The molecule has 82 valence electrons. The van der Waals surface area contributed by atoms with E-state index >= 15 is 0 Å². The van der Waals surface area contributed by atoms with Gasteiger partial charge in [0, 0.05) is 5.56 Å². The van der Waals surface area contributed by atoms with E-state index in [-0.39, 0.29) is 5.78 Å². The molecule has 1 aromatic heterocycles. The molecular formula is C14H9NOS. The zero-order valence-electron chi connectivity index (χ0n) is 8.96. The summed E-state index contributed by atoms with van der Waals surface area (Å²) in [6, 6.07) is 17.0. The molecule has 1 heterocycles. The van der Waals surface area contributed by atoms with Crippen LogP contribution >= 0.6 is 11.3 Å². The molecule has 0 fully saturated rings. The van der Waals surface area contributed by atoms with Crippen LogP contribution in [0.5, 0.6) is 0 Å². The number of nitrogens with zero attached hydrogens (tertiary/aromatic N) is 1. The lowest BCUT2D eigenvalue weighted by molar-refractivity contribution is 0.103. The number of rotatable bonds is 2. The van der Waals surface area contributed by atoms with Gasteiger partial charge in [0.15, 0.2) is 5.01 Å². The Morgan fingerprint density at radius 3 is 2.41 bits per heavy atom. The number of carbonyl (C=O) groups is 1. The van der Waals surface area contributed by atoms with Crippen LogP contribution in [0.1, 0.15) is 15.4 Å². The van der Waals surface area contributed by atoms with Crippen LogP contribution < -0.4 is 0 Å². The minimum atomic E-state index is -0.00759. The molecular weight excluding hydrogens is 230 g/mol. The number of thiazole rings is 1. The lowest BCUT2D eigenvalue weighted by Gasteiger charge is -1.94. The molecule has 3 aromatic rings. The maximum Gasteiger partial charge on any atom is 0.221 e. The monoisotopic (exact) mass is 239 g/mol. The van der Waals surface area contributed by atoms with Crippen LogP contribution in [0.2, 0.25) is 0 Å². The summed E-state index contributed by atoms with van der Waals surface area (Å²) in [6.07, 6.45) is 0. The van der Waals surface area contributed by atoms with Crippen molar-refractivity contribution in [2.24, 2.45) is 0 Å². The molecule has 2 aromatic carbocycles. The van der Waals surface area contributed by atoms with Crippen molar-refractivity contribution in [1.29, 1.82) is 0 Å². The molecule has 0 atom stereocenters. The number of ketones is 1. The highest BCUT2D eigenvalue weighted by Crippen LogP contribution is 2.23. The van der Waals surface area contributed by atoms with Crippen LogP contribution in [-0.4, -0.2) is 10.8 Å². The maximum absolute atomic E-state index is 12.2. The molecule has 0 amide bonds. The van der Waals surface area contributed by atoms with E-state index in [0.717, 1.165) is 10.2 Å². The van der Waals surface area contributed by atoms with Crippen molar-refractivity contribution in [3.8, 4) is 0 Å². The van der Waals surface area contributed by atoms with E-state index in [0.29, 0.717) is 10.6 Å². The molecule has 0 radical (unpaired) electrons. The molecule has 0 aliphatic carbocycles. The van der Waals surface area contributed by atoms with Crippen LogP contribution in [0, 0.1) is 0 Å². The summed E-state index contributed by atoms with van der Waals surface area (Å²) in [7, 11) is 0. The second-order valence-corrected chi connectivity index (χ2v) is 4.71. The molecule has 3 heteroatoms. The van der Waals surface area contributed by atoms with Crippen LogP contribution in [-0.2, 0) is 0 Å². The summed E-state index contributed by atoms with van der Waals surface area (Å²) >= 11 is 1.44. The second kappa shape index (κ2) is 4.11. The molecule has 0 N–H and O–H groups in total. The Hall–Kier alpha value is -2.00. The average molecular weight is 239 g/mol. The molecule has 0 aliphatic heterocycles. The van der Waals surface area contributed by atoms with E-state index in [9.17, 15) is 4.79 Å². The van der Waals surface area contributed by atoms with Crippen molar-refractivity contribution in [2.75, 3.05) is 0 Å². The van der Waals surface area contributed by atoms with Crippen molar-refractivity contribution in [1.82, 2.24) is 4.98 Å². The third-order valence-corrected chi connectivity index (χ3v) is 3.56. The quantitative estimate of drug-likeness (QED) is 0.640. The van der Waals surface area contributed by atoms with Gasteiger partial charge in [-0.3, -0.25) is 4.79 Å². The number of carbonyl (C=O) groups excluding carboxylic acids is 1. The topological polar surface area (TPSA) is 30.0 Å². The van der Waals surface area contributed by atoms with E-state index in [2.05, 4.69) is 4.98 Å². The summed E-state index contributed by atoms with van der Waals surface area (Å²) in [5.74, 6) is -0.00759. The van der Waals surface area contributed by atoms with Crippen LogP contribution in [0.15, 0.2) is 54.6 Å². The minimum absolute atomic E-state index is 0.00759. The molecule has 0 aliphatic rings. The van der Waals surface area contributed by atoms with Gasteiger partial charge in [0.1, 0.15) is 0 Å². The van der Waals surface area contributed by atoms with E-state index in [1.807, 2.05) is 54.6 Å². The molecule has 0 bridgehead atoms. The predicted molar refractivity (Wildman–Crippen MR) is 69.5 cm³/mol. The highest BCUT2D eigenvalue weighted by Gasteiger charge is 2.13. The van der Waals surface area contributed by atoms with Crippen molar-refractivity contribution in [2.45, 2.75) is 0 Å². The zero-order valence-corrected chi connectivity index (χ0v) is 9.78. The first-order valence-electron chi connectivity index (χ1n) is 5.30. The van der Waals surface area contributed by atoms with E-state index in [4.69, 9.17) is 0 Å². The number of hydrogen-bond acceptors (Lipinski definition) is 3. The highest BCUT2D eigenvalue weighted by molar-refractivity contribution is 7.20. The first-order valence-corrected chi connectivity index (χ1v) is 6.11. The predicted octanol–water partition coefficient (Wildman–Crippen LogP) is 3.53. The largest absolute Gasteiger partial charge is 0.286 e. The van der Waals surface area contributed by atoms with Crippen molar-refractivity contribution in [3.63, 3.8) is 0 Å². The first kappa shape index (κ1) is 10.2. The maximum atomic E-state index is 12.2. The lowest BCUT2D eigenvalue weighted by Crippen LogP contribution is -1.99. The number of fused-ring (bicyclic) bond motifs is 1. The summed E-state index contributed by atoms with van der Waals surface area (Å²) in [4.78, 5) is 16.5. The van der Waals surface area contributed by atoms with E-state index < -0.39 is 0 Å². The number of aromatic nitrogens is 1. The highest BCUT2D eigenvalue weighted by atomic mass is 32.1. The molecule has 3 rings (SSSR count). The number of hydrogen-bond donors (Lipinski definition) is 0. The Balaban J connectivity index is 2.07. The second-order valence-electron chi connectivity index (χ2n) is 3.68. The molecule has 17 heavy (non-hydrogen) atoms. The SMILES string of the molecule is O=C(c1ccccc1)c1nc2ccccc2s1. The Morgan fingerprint density at radius 1 is 0.941 bits per heavy atom. The van der Waals surface area contributed by atoms with Gasteiger partial charge in [-0.2, -0.15) is 0 Å². The summed E-state index contributed by atoms with van der Waals surface area (Å²) < 4.78 is 1.05. The third kappa shape index (κ3) is 1.85. The van der Waals surface area contributed by atoms with Gasteiger partial charge in [0.05, 0.1) is 10.2 Å². The third-order valence-electron chi connectivity index (χ3n) is 2.52. The van der Waals surface area contributed by atoms with Crippen molar-refractivity contribution < 1.29 is 4.79 Å². The van der Waals surface area contributed by atoms with Gasteiger partial charge >= 0.3 is 0 Å². The Kier molecular flexibility index (Phi) is 2.46. The zero-order chi connectivity index (χ0) is 11.7. The fraction of sp³-hybridized carbons (Fsp3) is 0. The molecule has 0 spiro atoms. The Labute approximate surface area is 103 Å². The van der Waals surface area contributed by atoms with Crippen LogP contribution in [0.3, 0.4) is 0 Å². The fourth-order valence-corrected chi connectivity index (χ4v) is 2.61. The first-order chi connectivity index (χ1) is 8.34. The van der Waals surface area contributed by atoms with Gasteiger partial charge in [-0.15, -0.1) is 11.3 Å². The van der Waals surface area contributed by atoms with Crippen LogP contribution in [0.25, 0.3) is 10.2 Å². The van der Waals surface area contributed by atoms with Gasteiger partial charge in [0.2, 0.25) is 5.78 Å². The van der Waals surface area contributed by atoms with Crippen molar-refractivity contribution in [3.05, 3.63) is 65.2 Å². The van der Waals surface area contributed by atoms with Gasteiger partial charge < -0.3 is 0 Å². The Bertz CT molecular complexity index is 640. The average Bonchev–Trinajstić information content (AvgIpc) is 2.82. The normalized spacial score (nSPS) is 10.6. The lowest BCUT2D eigenvalue weighted by atomic mass is 10.1. The van der Waals surface area contributed by atoms with Gasteiger partial charge in [0.25, 0.3) is 0 Å². The summed E-state index contributed by atoms with van der Waals surface area (Å²) in [5.41, 5.74) is 1.57. The Morgan fingerprint density at radius 2 is 1.65 bits per heavy atom. The van der Waals surface area contributed by atoms with Crippen molar-refractivity contribution >= 4 is 27.3 Å². The molecule has 2 nitrogen and oxygen atoms in total. The standard InChI is InChI=1S/C14H9NOS/c16-13(10-6-2-1-3-7-10)14-15-11-8-4-5-9-12(11)17-14/h1-9H. The number of para-hydroxylation sites is 1. The van der Waals surface area contributed by atoms with E-state index in [1.165, 1.54) is 11.3 Å². The fourth-order valence-electron chi connectivity index (χ4n) is 1.68. The smallest absolute Gasteiger partial charge is 0.221 e. The van der Waals surface area contributed by atoms with Gasteiger partial charge in [-0.1, -0.05) is 42.5 Å². The molecule has 0 saturated heterocycles. The summed E-state index contributed by atoms with van der Waals surface area (Å²) in [5, 5.41) is 0.553. The van der Waals surface area contributed by atoms with Gasteiger partial charge in [-0.25, -0.2) is 4.98 Å². The minimum Gasteiger partial charge on any atom is -0.286 e. The van der Waals surface area contributed by atoms with E-state index in [1.54, 1.807) is 0 Å². The molecule has 0 saturated carbocycles. The van der Waals surface area contributed by atoms with Crippen LogP contribution in [0.4, 0.5) is 0 Å². The summed E-state index contributed by atoms with van der Waals surface area (Å²) in [6.45, 7) is 0.